The summed E-state index contributed by atoms with van der Waals surface area (Å²) >= 11 is 0. The van der Waals surface area contributed by atoms with E-state index in [0.717, 1.165) is 25.0 Å². The molecule has 2 heterocycles. The number of imidazole rings is 1. The molecule has 0 unspecified atom stereocenters. The lowest BCUT2D eigenvalue weighted by atomic mass is 9.93. The van der Waals surface area contributed by atoms with E-state index < -0.39 is 0 Å². The van der Waals surface area contributed by atoms with Crippen LogP contribution in [0.1, 0.15) is 29.7 Å². The number of benzene rings is 1. The number of morpholine rings is 1. The van der Waals surface area contributed by atoms with E-state index in [4.69, 9.17) is 4.74 Å². The topological polar surface area (TPSA) is 47.4 Å². The molecular weight excluding hydrogens is 302 g/mol. The second kappa shape index (κ2) is 6.06. The van der Waals surface area contributed by atoms with Crippen LogP contribution >= 0.6 is 0 Å². The molecular formula is C19H23N3O2. The van der Waals surface area contributed by atoms with Crippen molar-refractivity contribution in [3.63, 3.8) is 0 Å². The SMILES string of the molecule is Cn1cncc1CCC(=O)N1CCO[C@]2(CCc3ccccc32)C1. The average Bonchev–Trinajstić information content (AvgIpc) is 3.18. The summed E-state index contributed by atoms with van der Waals surface area (Å²) in [5, 5.41) is 0. The molecule has 0 saturated carbocycles. The summed E-state index contributed by atoms with van der Waals surface area (Å²) in [6.07, 6.45) is 6.87. The number of ether oxygens (including phenoxy) is 1. The van der Waals surface area contributed by atoms with Crippen molar-refractivity contribution in [1.82, 2.24) is 14.5 Å². The van der Waals surface area contributed by atoms with Crippen LogP contribution in [0.5, 0.6) is 0 Å². The molecule has 2 aromatic rings. The lowest BCUT2D eigenvalue weighted by Crippen LogP contribution is -2.51. The summed E-state index contributed by atoms with van der Waals surface area (Å²) in [5.41, 5.74) is 3.44. The maximum absolute atomic E-state index is 12.7. The predicted octanol–water partition coefficient (Wildman–Crippen LogP) is 2.05. The molecule has 1 saturated heterocycles. The standard InChI is InChI=1S/C19H23N3O2/c1-21-14-20-12-16(21)6-7-18(23)22-10-11-24-19(13-22)9-8-15-4-2-3-5-17(15)19/h2-5,12,14H,6-11,13H2,1H3/t19-/m1/s1. The van der Waals surface area contributed by atoms with E-state index in [2.05, 4.69) is 29.2 Å². The van der Waals surface area contributed by atoms with Crippen molar-refractivity contribution in [1.29, 1.82) is 0 Å². The van der Waals surface area contributed by atoms with Gasteiger partial charge in [-0.3, -0.25) is 4.79 Å². The Balaban J connectivity index is 1.46. The molecule has 4 rings (SSSR count). The van der Waals surface area contributed by atoms with E-state index in [1.54, 1.807) is 6.33 Å². The molecule has 1 aromatic heterocycles. The van der Waals surface area contributed by atoms with Crippen LogP contribution in [-0.2, 0) is 35.0 Å². The van der Waals surface area contributed by atoms with Crippen LogP contribution in [0.3, 0.4) is 0 Å². The maximum atomic E-state index is 12.7. The Hall–Kier alpha value is -2.14. The van der Waals surface area contributed by atoms with Gasteiger partial charge in [-0.1, -0.05) is 24.3 Å². The van der Waals surface area contributed by atoms with Gasteiger partial charge in [-0.05, 0) is 30.4 Å². The number of carbonyl (C=O) groups is 1. The van der Waals surface area contributed by atoms with Gasteiger partial charge in [0.2, 0.25) is 5.91 Å². The van der Waals surface area contributed by atoms with Gasteiger partial charge in [0, 0.05) is 31.9 Å². The van der Waals surface area contributed by atoms with E-state index in [-0.39, 0.29) is 11.5 Å². The summed E-state index contributed by atoms with van der Waals surface area (Å²) in [7, 11) is 1.96. The van der Waals surface area contributed by atoms with Crippen LogP contribution in [0.2, 0.25) is 0 Å². The average molecular weight is 325 g/mol. The molecule has 5 heteroatoms. The molecule has 1 atom stereocenters. The van der Waals surface area contributed by atoms with E-state index in [1.807, 2.05) is 22.7 Å². The first-order chi connectivity index (χ1) is 11.7. The zero-order chi connectivity index (χ0) is 16.6. The number of carbonyl (C=O) groups excluding carboxylic acids is 1. The van der Waals surface area contributed by atoms with E-state index in [0.29, 0.717) is 26.1 Å². The molecule has 1 aliphatic heterocycles. The molecule has 1 fully saturated rings. The summed E-state index contributed by atoms with van der Waals surface area (Å²) in [5.74, 6) is 0.211. The van der Waals surface area contributed by atoms with Crippen LogP contribution in [0.25, 0.3) is 0 Å². The van der Waals surface area contributed by atoms with Crippen molar-refractivity contribution in [2.75, 3.05) is 19.7 Å². The molecule has 2 aliphatic rings. The fourth-order valence-corrected chi connectivity index (χ4v) is 3.98. The summed E-state index contributed by atoms with van der Waals surface area (Å²) in [4.78, 5) is 18.8. The van der Waals surface area contributed by atoms with E-state index in [1.165, 1.54) is 11.1 Å². The Morgan fingerprint density at radius 2 is 2.25 bits per heavy atom. The van der Waals surface area contributed by atoms with Crippen LogP contribution < -0.4 is 0 Å². The zero-order valence-electron chi connectivity index (χ0n) is 14.1. The van der Waals surface area contributed by atoms with E-state index >= 15 is 0 Å². The van der Waals surface area contributed by atoms with Gasteiger partial charge >= 0.3 is 0 Å². The van der Waals surface area contributed by atoms with Gasteiger partial charge < -0.3 is 14.2 Å². The molecule has 24 heavy (non-hydrogen) atoms. The number of rotatable bonds is 3. The monoisotopic (exact) mass is 325 g/mol. The fraction of sp³-hybridized carbons (Fsp3) is 0.474. The minimum atomic E-state index is -0.295. The number of hydrogen-bond acceptors (Lipinski definition) is 3. The lowest BCUT2D eigenvalue weighted by Gasteiger charge is -2.41. The lowest BCUT2D eigenvalue weighted by molar-refractivity contribution is -0.152. The van der Waals surface area contributed by atoms with Crippen molar-refractivity contribution < 1.29 is 9.53 Å². The van der Waals surface area contributed by atoms with Crippen molar-refractivity contribution in [2.24, 2.45) is 7.05 Å². The first kappa shape index (κ1) is 15.4. The zero-order valence-corrected chi connectivity index (χ0v) is 14.1. The minimum absolute atomic E-state index is 0.211. The summed E-state index contributed by atoms with van der Waals surface area (Å²) in [6.45, 7) is 1.98. The normalized spacial score (nSPS) is 22.8. The predicted molar refractivity (Wildman–Crippen MR) is 90.5 cm³/mol. The fourth-order valence-electron chi connectivity index (χ4n) is 3.98. The van der Waals surface area contributed by atoms with Gasteiger partial charge in [-0.15, -0.1) is 0 Å². The van der Waals surface area contributed by atoms with Gasteiger partial charge in [-0.25, -0.2) is 4.98 Å². The third kappa shape index (κ3) is 2.63. The first-order valence-corrected chi connectivity index (χ1v) is 8.63. The Morgan fingerprint density at radius 1 is 1.38 bits per heavy atom. The van der Waals surface area contributed by atoms with Crippen LogP contribution in [-0.4, -0.2) is 40.1 Å². The molecule has 1 aliphatic carbocycles. The molecule has 0 N–H and O–H groups in total. The number of amides is 1. The summed E-state index contributed by atoms with van der Waals surface area (Å²) in [6, 6.07) is 8.48. The van der Waals surface area contributed by atoms with Gasteiger partial charge in [-0.2, -0.15) is 0 Å². The molecule has 1 spiro atoms. The minimum Gasteiger partial charge on any atom is -0.367 e. The Morgan fingerprint density at radius 3 is 3.08 bits per heavy atom. The van der Waals surface area contributed by atoms with Crippen LogP contribution in [0, 0.1) is 0 Å². The Labute approximate surface area is 142 Å². The highest BCUT2D eigenvalue weighted by Gasteiger charge is 2.44. The molecule has 0 bridgehead atoms. The second-order valence-corrected chi connectivity index (χ2v) is 6.81. The number of aromatic nitrogens is 2. The van der Waals surface area contributed by atoms with Gasteiger partial charge in [0.1, 0.15) is 5.60 Å². The molecule has 1 aromatic carbocycles. The van der Waals surface area contributed by atoms with Gasteiger partial charge in [0.25, 0.3) is 0 Å². The molecule has 126 valence electrons. The first-order valence-electron chi connectivity index (χ1n) is 8.63. The second-order valence-electron chi connectivity index (χ2n) is 6.81. The number of fused-ring (bicyclic) bond motifs is 2. The highest BCUT2D eigenvalue weighted by atomic mass is 16.5. The largest absolute Gasteiger partial charge is 0.367 e. The number of aryl methyl sites for hydroxylation is 3. The third-order valence-electron chi connectivity index (χ3n) is 5.36. The third-order valence-corrected chi connectivity index (χ3v) is 5.36. The van der Waals surface area contributed by atoms with Crippen molar-refractivity contribution >= 4 is 5.91 Å². The quantitative estimate of drug-likeness (QED) is 0.868. The highest BCUT2D eigenvalue weighted by molar-refractivity contribution is 5.76. The van der Waals surface area contributed by atoms with Gasteiger partial charge in [0.05, 0.1) is 19.5 Å². The smallest absolute Gasteiger partial charge is 0.223 e. The number of hydrogen-bond donors (Lipinski definition) is 0. The highest BCUT2D eigenvalue weighted by Crippen LogP contribution is 2.42. The summed E-state index contributed by atoms with van der Waals surface area (Å²) < 4.78 is 8.17. The van der Waals surface area contributed by atoms with Crippen molar-refractivity contribution in [3.05, 3.63) is 53.6 Å². The Kier molecular flexibility index (Phi) is 3.88. The molecule has 0 radical (unpaired) electrons. The van der Waals surface area contributed by atoms with Crippen molar-refractivity contribution in [2.45, 2.75) is 31.3 Å². The maximum Gasteiger partial charge on any atom is 0.223 e. The number of nitrogens with zero attached hydrogens (tertiary/aromatic N) is 3. The van der Waals surface area contributed by atoms with Gasteiger partial charge in [0.15, 0.2) is 0 Å². The molecule has 1 amide bonds. The van der Waals surface area contributed by atoms with Crippen LogP contribution in [0.15, 0.2) is 36.8 Å². The Bertz CT molecular complexity index is 751. The van der Waals surface area contributed by atoms with Crippen molar-refractivity contribution in [3.8, 4) is 0 Å². The van der Waals surface area contributed by atoms with E-state index in [9.17, 15) is 4.79 Å². The van der Waals surface area contributed by atoms with Crippen LogP contribution in [0.4, 0.5) is 0 Å². The molecule has 5 nitrogen and oxygen atoms in total.